The van der Waals surface area contributed by atoms with E-state index >= 15 is 0 Å². The first kappa shape index (κ1) is 16.9. The number of piperidine rings is 1. The molecule has 3 atom stereocenters. The van der Waals surface area contributed by atoms with Crippen molar-refractivity contribution in [1.29, 1.82) is 0 Å². The highest BCUT2D eigenvalue weighted by Gasteiger charge is 2.37. The minimum Gasteiger partial charge on any atom is -0.393 e. The smallest absolute Gasteiger partial charge is 0.307 e. The van der Waals surface area contributed by atoms with Crippen LogP contribution in [0, 0.1) is 16.0 Å². The number of aromatic nitrogens is 2. The zero-order valence-corrected chi connectivity index (χ0v) is 13.7. The molecule has 1 saturated heterocycles. The van der Waals surface area contributed by atoms with E-state index in [1.165, 1.54) is 10.9 Å². The summed E-state index contributed by atoms with van der Waals surface area (Å²) in [6.45, 7) is 0.698. The van der Waals surface area contributed by atoms with Crippen LogP contribution in [0.1, 0.15) is 44.9 Å². The Hall–Kier alpha value is -1.96. The SMILES string of the molecule is O=C(Cn1cc([N+](=O)[O-])cn1)N1CCCCC1C1CCCCC1O. The van der Waals surface area contributed by atoms with Gasteiger partial charge in [0.05, 0.1) is 11.0 Å². The molecule has 1 aromatic rings. The summed E-state index contributed by atoms with van der Waals surface area (Å²) in [5.41, 5.74) is -0.110. The maximum atomic E-state index is 12.7. The van der Waals surface area contributed by atoms with E-state index < -0.39 is 4.92 Å². The Morgan fingerprint density at radius 1 is 1.29 bits per heavy atom. The lowest BCUT2D eigenvalue weighted by atomic mass is 9.78. The van der Waals surface area contributed by atoms with Gasteiger partial charge in [0.2, 0.25) is 5.91 Å². The van der Waals surface area contributed by atoms with Gasteiger partial charge in [-0.05, 0) is 32.1 Å². The molecule has 1 aliphatic carbocycles. The van der Waals surface area contributed by atoms with Crippen LogP contribution < -0.4 is 0 Å². The van der Waals surface area contributed by atoms with Crippen LogP contribution in [-0.4, -0.2) is 49.3 Å². The third-order valence-corrected chi connectivity index (χ3v) is 5.27. The highest BCUT2D eigenvalue weighted by Crippen LogP contribution is 2.34. The lowest BCUT2D eigenvalue weighted by molar-refractivity contribution is -0.385. The monoisotopic (exact) mass is 336 g/mol. The number of aliphatic hydroxyl groups is 1. The van der Waals surface area contributed by atoms with Gasteiger partial charge in [-0.3, -0.25) is 19.6 Å². The predicted octanol–water partition coefficient (Wildman–Crippen LogP) is 1.72. The molecule has 2 aliphatic rings. The Balaban J connectivity index is 1.69. The molecule has 0 bridgehead atoms. The second kappa shape index (κ2) is 7.29. The Kier molecular flexibility index (Phi) is 5.13. The topological polar surface area (TPSA) is 102 Å². The summed E-state index contributed by atoms with van der Waals surface area (Å²) < 4.78 is 1.32. The number of aliphatic hydroxyl groups excluding tert-OH is 1. The average Bonchev–Trinajstić information content (AvgIpc) is 3.04. The molecular formula is C16H24N4O4. The molecule has 132 valence electrons. The van der Waals surface area contributed by atoms with Crippen molar-refractivity contribution in [3.05, 3.63) is 22.5 Å². The number of rotatable bonds is 4. The van der Waals surface area contributed by atoms with E-state index in [0.29, 0.717) is 6.54 Å². The molecule has 0 aromatic carbocycles. The second-order valence-corrected chi connectivity index (χ2v) is 6.82. The van der Waals surface area contributed by atoms with E-state index in [0.717, 1.165) is 51.1 Å². The molecule has 2 heterocycles. The van der Waals surface area contributed by atoms with Gasteiger partial charge in [0.15, 0.2) is 0 Å². The fourth-order valence-electron chi connectivity index (χ4n) is 4.06. The molecule has 8 heteroatoms. The van der Waals surface area contributed by atoms with Gasteiger partial charge in [-0.2, -0.15) is 5.10 Å². The summed E-state index contributed by atoms with van der Waals surface area (Å²) in [4.78, 5) is 24.8. The van der Waals surface area contributed by atoms with Crippen LogP contribution in [0.15, 0.2) is 12.4 Å². The zero-order valence-electron chi connectivity index (χ0n) is 13.7. The largest absolute Gasteiger partial charge is 0.393 e. The van der Waals surface area contributed by atoms with Gasteiger partial charge in [0, 0.05) is 18.5 Å². The van der Waals surface area contributed by atoms with E-state index in [-0.39, 0.29) is 36.2 Å². The number of hydrogen-bond acceptors (Lipinski definition) is 5. The Bertz CT molecular complexity index is 603. The van der Waals surface area contributed by atoms with Gasteiger partial charge in [0.1, 0.15) is 18.9 Å². The Morgan fingerprint density at radius 2 is 2.04 bits per heavy atom. The van der Waals surface area contributed by atoms with Crippen molar-refractivity contribution < 1.29 is 14.8 Å². The van der Waals surface area contributed by atoms with E-state index in [9.17, 15) is 20.0 Å². The van der Waals surface area contributed by atoms with Crippen LogP contribution in [0.5, 0.6) is 0 Å². The van der Waals surface area contributed by atoms with Gasteiger partial charge in [-0.15, -0.1) is 0 Å². The lowest BCUT2D eigenvalue weighted by Crippen LogP contribution is -2.52. The van der Waals surface area contributed by atoms with E-state index in [2.05, 4.69) is 5.10 Å². The first-order chi connectivity index (χ1) is 11.6. The maximum Gasteiger partial charge on any atom is 0.307 e. The minimum absolute atomic E-state index is 0.00710. The van der Waals surface area contributed by atoms with Crippen LogP contribution in [-0.2, 0) is 11.3 Å². The summed E-state index contributed by atoms with van der Waals surface area (Å²) in [5.74, 6) is 0.0745. The summed E-state index contributed by atoms with van der Waals surface area (Å²) in [7, 11) is 0. The molecule has 0 radical (unpaired) electrons. The van der Waals surface area contributed by atoms with E-state index in [1.54, 1.807) is 0 Å². The number of carbonyl (C=O) groups is 1. The van der Waals surface area contributed by atoms with Crippen LogP contribution in [0.3, 0.4) is 0 Å². The lowest BCUT2D eigenvalue weighted by Gasteiger charge is -2.43. The fraction of sp³-hybridized carbons (Fsp3) is 0.750. The molecule has 1 aromatic heterocycles. The van der Waals surface area contributed by atoms with Gasteiger partial charge in [0.25, 0.3) is 0 Å². The van der Waals surface area contributed by atoms with Crippen molar-refractivity contribution >= 4 is 11.6 Å². The Labute approximate surface area is 140 Å². The number of hydrogen-bond donors (Lipinski definition) is 1. The van der Waals surface area contributed by atoms with Crippen LogP contribution in [0.4, 0.5) is 5.69 Å². The Morgan fingerprint density at radius 3 is 2.75 bits per heavy atom. The number of nitro groups is 1. The van der Waals surface area contributed by atoms with Crippen molar-refractivity contribution in [1.82, 2.24) is 14.7 Å². The number of carbonyl (C=O) groups excluding carboxylic acids is 1. The molecule has 8 nitrogen and oxygen atoms in total. The molecule has 1 amide bonds. The number of nitrogens with zero attached hydrogens (tertiary/aromatic N) is 4. The van der Waals surface area contributed by atoms with Crippen molar-refractivity contribution in [2.24, 2.45) is 5.92 Å². The molecule has 0 spiro atoms. The number of likely N-dealkylation sites (tertiary alicyclic amines) is 1. The number of amides is 1. The first-order valence-corrected chi connectivity index (χ1v) is 8.70. The third-order valence-electron chi connectivity index (χ3n) is 5.27. The van der Waals surface area contributed by atoms with E-state index in [1.807, 2.05) is 4.90 Å². The van der Waals surface area contributed by atoms with Crippen molar-refractivity contribution in [2.75, 3.05) is 6.54 Å². The summed E-state index contributed by atoms with van der Waals surface area (Å²) >= 11 is 0. The molecule has 24 heavy (non-hydrogen) atoms. The van der Waals surface area contributed by atoms with Crippen LogP contribution in [0.25, 0.3) is 0 Å². The van der Waals surface area contributed by atoms with Gasteiger partial charge < -0.3 is 10.0 Å². The van der Waals surface area contributed by atoms with Gasteiger partial charge >= 0.3 is 5.69 Å². The zero-order chi connectivity index (χ0) is 17.1. The molecule has 3 rings (SSSR count). The quantitative estimate of drug-likeness (QED) is 0.666. The highest BCUT2D eigenvalue weighted by atomic mass is 16.6. The standard InChI is InChI=1S/C16H24N4O4/c21-15-7-2-1-5-13(15)14-6-3-4-8-19(14)16(22)11-18-10-12(9-17-18)20(23)24/h9-10,13-15,21H,1-8,11H2. The summed E-state index contributed by atoms with van der Waals surface area (Å²) in [6, 6.07) is 0.0760. The minimum atomic E-state index is -0.518. The summed E-state index contributed by atoms with van der Waals surface area (Å²) in [6.07, 6.45) is 9.00. The molecule has 1 saturated carbocycles. The first-order valence-electron chi connectivity index (χ1n) is 8.70. The average molecular weight is 336 g/mol. The van der Waals surface area contributed by atoms with Gasteiger partial charge in [-0.1, -0.05) is 12.8 Å². The predicted molar refractivity (Wildman–Crippen MR) is 86.2 cm³/mol. The van der Waals surface area contributed by atoms with Crippen LogP contribution in [0.2, 0.25) is 0 Å². The molecule has 1 aliphatic heterocycles. The van der Waals surface area contributed by atoms with E-state index in [4.69, 9.17) is 0 Å². The maximum absolute atomic E-state index is 12.7. The van der Waals surface area contributed by atoms with Gasteiger partial charge in [-0.25, -0.2) is 0 Å². The molecule has 2 fully saturated rings. The normalized spacial score (nSPS) is 27.9. The summed E-state index contributed by atoms with van der Waals surface area (Å²) in [5, 5.41) is 25.0. The molecule has 3 unspecified atom stereocenters. The molecular weight excluding hydrogens is 312 g/mol. The highest BCUT2D eigenvalue weighted by molar-refractivity contribution is 5.76. The van der Waals surface area contributed by atoms with Crippen LogP contribution >= 0.6 is 0 Å². The second-order valence-electron chi connectivity index (χ2n) is 6.82. The third kappa shape index (κ3) is 3.58. The van der Waals surface area contributed by atoms with Crippen molar-refractivity contribution in [3.63, 3.8) is 0 Å². The van der Waals surface area contributed by atoms with Crippen molar-refractivity contribution in [2.45, 2.75) is 63.6 Å². The molecule has 1 N–H and O–H groups in total. The van der Waals surface area contributed by atoms with Crippen molar-refractivity contribution in [3.8, 4) is 0 Å². The fourth-order valence-corrected chi connectivity index (χ4v) is 4.06.